The second-order valence-corrected chi connectivity index (χ2v) is 5.42. The summed E-state index contributed by atoms with van der Waals surface area (Å²) >= 11 is 0. The second kappa shape index (κ2) is 6.19. The number of rotatable bonds is 4. The summed E-state index contributed by atoms with van der Waals surface area (Å²) in [6.45, 7) is 6.56. The van der Waals surface area contributed by atoms with E-state index in [-0.39, 0.29) is 6.04 Å². The van der Waals surface area contributed by atoms with Crippen LogP contribution in [-0.4, -0.2) is 18.1 Å². The molecule has 1 aliphatic rings. The molecule has 1 aromatic rings. The predicted molar refractivity (Wildman–Crippen MR) is 76.7 cm³/mol. The van der Waals surface area contributed by atoms with Crippen LogP contribution in [0, 0.1) is 5.92 Å². The maximum atomic E-state index is 6.03. The SMILES string of the molecule is CCCC1CCN(c2ncccc2[C@@H](C)N)CC1. The molecular formula is C15H25N3. The molecule has 0 spiro atoms. The lowest BCUT2D eigenvalue weighted by Crippen LogP contribution is -2.35. The lowest BCUT2D eigenvalue weighted by molar-refractivity contribution is 0.377. The molecular weight excluding hydrogens is 222 g/mol. The van der Waals surface area contributed by atoms with Crippen molar-refractivity contribution in [3.63, 3.8) is 0 Å². The minimum Gasteiger partial charge on any atom is -0.356 e. The van der Waals surface area contributed by atoms with Crippen molar-refractivity contribution >= 4 is 5.82 Å². The van der Waals surface area contributed by atoms with Gasteiger partial charge in [-0.15, -0.1) is 0 Å². The zero-order chi connectivity index (χ0) is 13.0. The van der Waals surface area contributed by atoms with Crippen molar-refractivity contribution in [2.75, 3.05) is 18.0 Å². The zero-order valence-electron chi connectivity index (χ0n) is 11.6. The van der Waals surface area contributed by atoms with E-state index in [9.17, 15) is 0 Å². The lowest BCUT2D eigenvalue weighted by Gasteiger charge is -2.34. The molecule has 1 fully saturated rings. The van der Waals surface area contributed by atoms with E-state index in [1.165, 1.54) is 31.2 Å². The van der Waals surface area contributed by atoms with Crippen molar-refractivity contribution in [3.05, 3.63) is 23.9 Å². The maximum Gasteiger partial charge on any atom is 0.133 e. The van der Waals surface area contributed by atoms with Crippen LogP contribution < -0.4 is 10.6 Å². The number of pyridine rings is 1. The van der Waals surface area contributed by atoms with Crippen molar-refractivity contribution in [1.29, 1.82) is 0 Å². The Balaban J connectivity index is 2.05. The van der Waals surface area contributed by atoms with Crippen LogP contribution in [0.3, 0.4) is 0 Å². The van der Waals surface area contributed by atoms with Crippen molar-refractivity contribution < 1.29 is 0 Å². The molecule has 0 amide bonds. The standard InChI is InChI=1S/C15H25N3/c1-3-5-13-7-10-18(11-8-13)15-14(12(2)16)6-4-9-17-15/h4,6,9,12-13H,3,5,7-8,10-11,16H2,1-2H3/t12-/m1/s1. The highest BCUT2D eigenvalue weighted by Crippen LogP contribution is 2.28. The summed E-state index contributed by atoms with van der Waals surface area (Å²) in [7, 11) is 0. The molecule has 2 heterocycles. The Labute approximate surface area is 110 Å². The molecule has 0 saturated carbocycles. The molecule has 2 rings (SSSR count). The van der Waals surface area contributed by atoms with Gasteiger partial charge >= 0.3 is 0 Å². The fraction of sp³-hybridized carbons (Fsp3) is 0.667. The summed E-state index contributed by atoms with van der Waals surface area (Å²) in [6, 6.07) is 4.14. The first kappa shape index (κ1) is 13.3. The molecule has 1 aliphatic heterocycles. The third kappa shape index (κ3) is 3.02. The Kier molecular flexibility index (Phi) is 4.59. The number of nitrogens with zero attached hydrogens (tertiary/aromatic N) is 2. The molecule has 0 bridgehead atoms. The maximum absolute atomic E-state index is 6.03. The van der Waals surface area contributed by atoms with E-state index in [1.807, 2.05) is 19.2 Å². The Morgan fingerprint density at radius 1 is 1.44 bits per heavy atom. The summed E-state index contributed by atoms with van der Waals surface area (Å²) < 4.78 is 0. The smallest absolute Gasteiger partial charge is 0.133 e. The highest BCUT2D eigenvalue weighted by molar-refractivity contribution is 5.48. The fourth-order valence-corrected chi connectivity index (χ4v) is 2.87. The van der Waals surface area contributed by atoms with Gasteiger partial charge in [-0.25, -0.2) is 4.98 Å². The summed E-state index contributed by atoms with van der Waals surface area (Å²) in [5, 5.41) is 0. The molecule has 1 atom stereocenters. The first-order chi connectivity index (χ1) is 8.72. The molecule has 3 heteroatoms. The number of hydrogen-bond acceptors (Lipinski definition) is 3. The van der Waals surface area contributed by atoms with Crippen molar-refractivity contribution in [2.45, 2.75) is 45.6 Å². The van der Waals surface area contributed by atoms with Crippen molar-refractivity contribution in [1.82, 2.24) is 4.98 Å². The van der Waals surface area contributed by atoms with Gasteiger partial charge in [0.15, 0.2) is 0 Å². The van der Waals surface area contributed by atoms with Gasteiger partial charge in [0, 0.05) is 30.9 Å². The van der Waals surface area contributed by atoms with Gasteiger partial charge in [-0.1, -0.05) is 25.8 Å². The van der Waals surface area contributed by atoms with Crippen LogP contribution in [-0.2, 0) is 0 Å². The molecule has 1 aromatic heterocycles. The second-order valence-electron chi connectivity index (χ2n) is 5.42. The molecule has 0 aliphatic carbocycles. The van der Waals surface area contributed by atoms with Crippen LogP contribution in [0.5, 0.6) is 0 Å². The minimum atomic E-state index is 0.0575. The molecule has 18 heavy (non-hydrogen) atoms. The largest absolute Gasteiger partial charge is 0.356 e. The average molecular weight is 247 g/mol. The number of piperidine rings is 1. The predicted octanol–water partition coefficient (Wildman–Crippen LogP) is 3.12. The summed E-state index contributed by atoms with van der Waals surface area (Å²) in [6.07, 6.45) is 7.14. The summed E-state index contributed by atoms with van der Waals surface area (Å²) in [5.74, 6) is 2.01. The number of hydrogen-bond donors (Lipinski definition) is 1. The van der Waals surface area contributed by atoms with Gasteiger partial charge in [0.05, 0.1) is 0 Å². The van der Waals surface area contributed by atoms with Crippen LogP contribution in [0.4, 0.5) is 5.82 Å². The number of aromatic nitrogens is 1. The summed E-state index contributed by atoms with van der Waals surface area (Å²) in [4.78, 5) is 6.95. The highest BCUT2D eigenvalue weighted by Gasteiger charge is 2.21. The molecule has 1 saturated heterocycles. The van der Waals surface area contributed by atoms with Crippen LogP contribution in [0.25, 0.3) is 0 Å². The molecule has 2 N–H and O–H groups in total. The Hall–Kier alpha value is -1.09. The van der Waals surface area contributed by atoms with Crippen LogP contribution in [0.2, 0.25) is 0 Å². The van der Waals surface area contributed by atoms with E-state index >= 15 is 0 Å². The van der Waals surface area contributed by atoms with E-state index in [1.54, 1.807) is 0 Å². The van der Waals surface area contributed by atoms with Gasteiger partial charge < -0.3 is 10.6 Å². The topological polar surface area (TPSA) is 42.2 Å². The fourth-order valence-electron chi connectivity index (χ4n) is 2.87. The van der Waals surface area contributed by atoms with Gasteiger partial charge in [0.25, 0.3) is 0 Å². The first-order valence-corrected chi connectivity index (χ1v) is 7.17. The normalized spacial score (nSPS) is 18.9. The van der Waals surface area contributed by atoms with Gasteiger partial charge in [-0.05, 0) is 31.7 Å². The first-order valence-electron chi connectivity index (χ1n) is 7.17. The third-order valence-electron chi connectivity index (χ3n) is 3.92. The van der Waals surface area contributed by atoms with Gasteiger partial charge in [0.2, 0.25) is 0 Å². The zero-order valence-corrected chi connectivity index (χ0v) is 11.6. The van der Waals surface area contributed by atoms with E-state index in [0.29, 0.717) is 0 Å². The molecule has 100 valence electrons. The van der Waals surface area contributed by atoms with Gasteiger partial charge in [-0.3, -0.25) is 0 Å². The highest BCUT2D eigenvalue weighted by atomic mass is 15.2. The third-order valence-corrected chi connectivity index (χ3v) is 3.92. The molecule has 0 radical (unpaired) electrons. The van der Waals surface area contributed by atoms with Crippen LogP contribution in [0.1, 0.15) is 51.1 Å². The van der Waals surface area contributed by atoms with E-state index in [0.717, 1.165) is 24.8 Å². The number of anilines is 1. The molecule has 0 aromatic carbocycles. The van der Waals surface area contributed by atoms with Crippen molar-refractivity contribution in [2.24, 2.45) is 11.7 Å². The Bertz CT molecular complexity index is 368. The van der Waals surface area contributed by atoms with Gasteiger partial charge in [0.1, 0.15) is 5.82 Å². The van der Waals surface area contributed by atoms with E-state index < -0.39 is 0 Å². The van der Waals surface area contributed by atoms with Gasteiger partial charge in [-0.2, -0.15) is 0 Å². The lowest BCUT2D eigenvalue weighted by atomic mass is 9.92. The Morgan fingerprint density at radius 2 is 2.17 bits per heavy atom. The van der Waals surface area contributed by atoms with E-state index in [4.69, 9.17) is 5.73 Å². The molecule has 3 nitrogen and oxygen atoms in total. The molecule has 0 unspecified atom stereocenters. The minimum absolute atomic E-state index is 0.0575. The van der Waals surface area contributed by atoms with Crippen LogP contribution >= 0.6 is 0 Å². The summed E-state index contributed by atoms with van der Waals surface area (Å²) in [5.41, 5.74) is 7.20. The average Bonchev–Trinajstić information content (AvgIpc) is 2.40. The monoisotopic (exact) mass is 247 g/mol. The van der Waals surface area contributed by atoms with Crippen LogP contribution in [0.15, 0.2) is 18.3 Å². The quantitative estimate of drug-likeness (QED) is 0.889. The van der Waals surface area contributed by atoms with Crippen molar-refractivity contribution in [3.8, 4) is 0 Å². The van der Waals surface area contributed by atoms with E-state index in [2.05, 4.69) is 22.9 Å². The Morgan fingerprint density at radius 3 is 2.78 bits per heavy atom. The number of nitrogens with two attached hydrogens (primary N) is 1.